The van der Waals surface area contributed by atoms with Crippen molar-refractivity contribution in [2.24, 2.45) is 0 Å². The van der Waals surface area contributed by atoms with Crippen LogP contribution >= 0.6 is 15.9 Å². The molecule has 0 atom stereocenters. The van der Waals surface area contributed by atoms with Crippen LogP contribution in [0, 0.1) is 0 Å². The Bertz CT molecular complexity index is 266. The van der Waals surface area contributed by atoms with E-state index in [2.05, 4.69) is 30.9 Å². The van der Waals surface area contributed by atoms with E-state index >= 15 is 0 Å². The van der Waals surface area contributed by atoms with Crippen molar-refractivity contribution in [1.29, 1.82) is 0 Å². The number of hydrogen-bond acceptors (Lipinski definition) is 2. The van der Waals surface area contributed by atoms with Gasteiger partial charge in [0.05, 0.1) is 17.9 Å². The number of nitrogens with zero attached hydrogens (tertiary/aromatic N) is 3. The van der Waals surface area contributed by atoms with Crippen LogP contribution in [-0.2, 0) is 5.33 Å². The summed E-state index contributed by atoms with van der Waals surface area (Å²) >= 11 is 3.45. The Morgan fingerprint density at radius 3 is 2.85 bits per heavy atom. The summed E-state index contributed by atoms with van der Waals surface area (Å²) in [5, 5.41) is 8.96. The summed E-state index contributed by atoms with van der Waals surface area (Å²) in [5.41, 5.74) is 1.20. The van der Waals surface area contributed by atoms with Crippen molar-refractivity contribution in [3.05, 3.63) is 11.9 Å². The van der Waals surface area contributed by atoms with Gasteiger partial charge in [0.2, 0.25) is 0 Å². The average molecular weight is 244 g/mol. The molecule has 0 aromatic carbocycles. The predicted octanol–water partition coefficient (Wildman–Crippen LogP) is 2.68. The van der Waals surface area contributed by atoms with E-state index in [9.17, 15) is 0 Å². The Hall–Kier alpha value is -0.380. The van der Waals surface area contributed by atoms with Crippen LogP contribution < -0.4 is 0 Å². The first-order chi connectivity index (χ1) is 6.42. The van der Waals surface area contributed by atoms with Gasteiger partial charge < -0.3 is 0 Å². The Labute approximate surface area is 86.6 Å². The molecule has 0 radical (unpaired) electrons. The largest absolute Gasteiger partial charge is 0.246 e. The molecule has 1 aromatic rings. The van der Waals surface area contributed by atoms with Crippen molar-refractivity contribution in [3.63, 3.8) is 0 Å². The third kappa shape index (κ3) is 1.93. The van der Waals surface area contributed by atoms with E-state index in [-0.39, 0.29) is 0 Å². The molecule has 1 saturated carbocycles. The van der Waals surface area contributed by atoms with Crippen molar-refractivity contribution in [2.45, 2.75) is 43.5 Å². The normalized spacial score (nSPS) is 19.2. The fourth-order valence-corrected chi connectivity index (χ4v) is 2.40. The van der Waals surface area contributed by atoms with Crippen LogP contribution in [0.25, 0.3) is 0 Å². The van der Waals surface area contributed by atoms with Gasteiger partial charge in [0, 0.05) is 5.33 Å². The van der Waals surface area contributed by atoms with Gasteiger partial charge in [-0.05, 0) is 12.8 Å². The van der Waals surface area contributed by atoms with Gasteiger partial charge in [0.25, 0.3) is 0 Å². The summed E-state index contributed by atoms with van der Waals surface area (Å²) in [6.45, 7) is 0. The molecule has 0 unspecified atom stereocenters. The quantitative estimate of drug-likeness (QED) is 0.749. The van der Waals surface area contributed by atoms with Gasteiger partial charge in [-0.15, -0.1) is 5.10 Å². The molecule has 1 aliphatic carbocycles. The minimum atomic E-state index is 0.601. The molecular formula is C9H14BrN3. The SMILES string of the molecule is BrCc1cnnn1C1CCCCC1. The maximum absolute atomic E-state index is 4.15. The Kier molecular flexibility index (Phi) is 2.98. The number of rotatable bonds is 2. The van der Waals surface area contributed by atoms with Crippen LogP contribution in [0.3, 0.4) is 0 Å². The molecule has 1 aromatic heterocycles. The van der Waals surface area contributed by atoms with E-state index in [4.69, 9.17) is 0 Å². The lowest BCUT2D eigenvalue weighted by molar-refractivity contribution is 0.319. The Morgan fingerprint density at radius 2 is 2.15 bits per heavy atom. The van der Waals surface area contributed by atoms with Crippen LogP contribution in [-0.4, -0.2) is 15.0 Å². The Balaban J connectivity index is 2.13. The van der Waals surface area contributed by atoms with Gasteiger partial charge in [0.1, 0.15) is 0 Å². The van der Waals surface area contributed by atoms with E-state index in [1.54, 1.807) is 0 Å². The van der Waals surface area contributed by atoms with Crippen LogP contribution in [0.2, 0.25) is 0 Å². The smallest absolute Gasteiger partial charge is 0.0733 e. The third-order valence-corrected chi connectivity index (χ3v) is 3.28. The van der Waals surface area contributed by atoms with E-state index in [1.165, 1.54) is 37.8 Å². The maximum Gasteiger partial charge on any atom is 0.0733 e. The third-order valence-electron chi connectivity index (χ3n) is 2.71. The van der Waals surface area contributed by atoms with Gasteiger partial charge in [-0.2, -0.15) is 0 Å². The van der Waals surface area contributed by atoms with Gasteiger partial charge >= 0.3 is 0 Å². The summed E-state index contributed by atoms with van der Waals surface area (Å²) in [5.74, 6) is 0. The van der Waals surface area contributed by atoms with E-state index in [0.717, 1.165) is 5.33 Å². The average Bonchev–Trinajstić information content (AvgIpc) is 2.67. The molecule has 72 valence electrons. The fourth-order valence-electron chi connectivity index (χ4n) is 1.99. The van der Waals surface area contributed by atoms with E-state index in [1.807, 2.05) is 6.20 Å². The van der Waals surface area contributed by atoms with Crippen LogP contribution in [0.4, 0.5) is 0 Å². The number of hydrogen-bond donors (Lipinski definition) is 0. The molecule has 13 heavy (non-hydrogen) atoms. The molecule has 4 heteroatoms. The van der Waals surface area contributed by atoms with Crippen molar-refractivity contribution >= 4 is 15.9 Å². The molecule has 0 amide bonds. The lowest BCUT2D eigenvalue weighted by atomic mass is 9.95. The van der Waals surface area contributed by atoms with Gasteiger partial charge in [-0.1, -0.05) is 40.4 Å². The number of aromatic nitrogens is 3. The van der Waals surface area contributed by atoms with Crippen LogP contribution in [0.1, 0.15) is 43.8 Å². The first-order valence-electron chi connectivity index (χ1n) is 4.87. The zero-order valence-corrected chi connectivity index (χ0v) is 9.20. The summed E-state index contributed by atoms with van der Waals surface area (Å²) < 4.78 is 2.09. The second-order valence-corrected chi connectivity index (χ2v) is 4.16. The summed E-state index contributed by atoms with van der Waals surface area (Å²) in [6, 6.07) is 0.601. The Morgan fingerprint density at radius 1 is 1.38 bits per heavy atom. The minimum Gasteiger partial charge on any atom is -0.246 e. The molecule has 2 rings (SSSR count). The van der Waals surface area contributed by atoms with Crippen LogP contribution in [0.5, 0.6) is 0 Å². The first-order valence-corrected chi connectivity index (χ1v) is 5.99. The maximum atomic E-state index is 4.15. The second kappa shape index (κ2) is 4.22. The number of alkyl halides is 1. The van der Waals surface area contributed by atoms with Crippen molar-refractivity contribution in [1.82, 2.24) is 15.0 Å². The monoisotopic (exact) mass is 243 g/mol. The molecule has 0 spiro atoms. The van der Waals surface area contributed by atoms with Crippen molar-refractivity contribution < 1.29 is 0 Å². The zero-order valence-electron chi connectivity index (χ0n) is 7.62. The summed E-state index contributed by atoms with van der Waals surface area (Å²) in [4.78, 5) is 0. The fraction of sp³-hybridized carbons (Fsp3) is 0.778. The highest BCUT2D eigenvalue weighted by atomic mass is 79.9. The predicted molar refractivity (Wildman–Crippen MR) is 54.8 cm³/mol. The van der Waals surface area contributed by atoms with Crippen molar-refractivity contribution in [2.75, 3.05) is 0 Å². The molecule has 1 fully saturated rings. The highest BCUT2D eigenvalue weighted by molar-refractivity contribution is 9.08. The molecular weight excluding hydrogens is 230 g/mol. The molecule has 0 saturated heterocycles. The highest BCUT2D eigenvalue weighted by Gasteiger charge is 2.17. The summed E-state index contributed by atoms with van der Waals surface area (Å²) in [6.07, 6.45) is 8.45. The molecule has 1 aliphatic rings. The van der Waals surface area contributed by atoms with Crippen LogP contribution in [0.15, 0.2) is 6.20 Å². The number of halogens is 1. The topological polar surface area (TPSA) is 30.7 Å². The summed E-state index contributed by atoms with van der Waals surface area (Å²) in [7, 11) is 0. The standard InChI is InChI=1S/C9H14BrN3/c10-6-9-7-11-12-13(9)8-4-2-1-3-5-8/h7-8H,1-6H2. The second-order valence-electron chi connectivity index (χ2n) is 3.60. The first kappa shape index (κ1) is 9.19. The minimum absolute atomic E-state index is 0.601. The highest BCUT2D eigenvalue weighted by Crippen LogP contribution is 2.28. The zero-order chi connectivity index (χ0) is 9.10. The van der Waals surface area contributed by atoms with Gasteiger partial charge in [0.15, 0.2) is 0 Å². The van der Waals surface area contributed by atoms with E-state index < -0.39 is 0 Å². The molecule has 0 N–H and O–H groups in total. The molecule has 0 bridgehead atoms. The lowest BCUT2D eigenvalue weighted by Gasteiger charge is -2.22. The van der Waals surface area contributed by atoms with Crippen molar-refractivity contribution in [3.8, 4) is 0 Å². The van der Waals surface area contributed by atoms with E-state index in [0.29, 0.717) is 6.04 Å². The molecule has 0 aliphatic heterocycles. The lowest BCUT2D eigenvalue weighted by Crippen LogP contribution is -2.16. The molecule has 3 nitrogen and oxygen atoms in total. The van der Waals surface area contributed by atoms with Gasteiger partial charge in [-0.25, -0.2) is 4.68 Å². The van der Waals surface area contributed by atoms with Gasteiger partial charge in [-0.3, -0.25) is 0 Å². The molecule has 1 heterocycles.